The molecule has 0 aromatic heterocycles. The molecular weight excluding hydrogens is 348 g/mol. The highest BCUT2D eigenvalue weighted by atomic mass is 32.2. The summed E-state index contributed by atoms with van der Waals surface area (Å²) in [4.78, 5) is 2.53. The minimum atomic E-state index is -3.62. The van der Waals surface area contributed by atoms with Gasteiger partial charge in [-0.1, -0.05) is 24.3 Å². The molecule has 5 nitrogen and oxygen atoms in total. The first kappa shape index (κ1) is 18.7. The topological polar surface area (TPSA) is 49.9 Å². The van der Waals surface area contributed by atoms with Crippen LogP contribution in [0.4, 0.5) is 5.69 Å². The third-order valence-corrected chi connectivity index (χ3v) is 6.73. The molecule has 0 bridgehead atoms. The van der Waals surface area contributed by atoms with E-state index >= 15 is 0 Å². The quantitative estimate of drug-likeness (QED) is 0.824. The number of aryl methyl sites for hydroxylation is 1. The van der Waals surface area contributed by atoms with Crippen LogP contribution >= 0.6 is 0 Å². The van der Waals surface area contributed by atoms with Crippen LogP contribution in [-0.2, 0) is 10.0 Å². The highest BCUT2D eigenvalue weighted by Gasteiger charge is 2.37. The van der Waals surface area contributed by atoms with E-state index < -0.39 is 10.0 Å². The van der Waals surface area contributed by atoms with Crippen molar-refractivity contribution in [3.63, 3.8) is 0 Å². The minimum absolute atomic E-state index is 0.0757. The van der Waals surface area contributed by atoms with Crippen molar-refractivity contribution in [3.8, 4) is 5.75 Å². The molecule has 0 saturated carbocycles. The summed E-state index contributed by atoms with van der Waals surface area (Å²) in [7, 11) is -2.11. The van der Waals surface area contributed by atoms with Crippen molar-refractivity contribution in [1.82, 2.24) is 4.31 Å². The Kier molecular flexibility index (Phi) is 5.25. The van der Waals surface area contributed by atoms with Crippen molar-refractivity contribution >= 4 is 15.7 Å². The van der Waals surface area contributed by atoms with Gasteiger partial charge in [-0.3, -0.25) is 0 Å². The van der Waals surface area contributed by atoms with Gasteiger partial charge in [-0.15, -0.1) is 0 Å². The Balaban J connectivity index is 1.91. The molecule has 1 heterocycles. The molecule has 2 aromatic rings. The van der Waals surface area contributed by atoms with Crippen molar-refractivity contribution in [2.75, 3.05) is 25.1 Å². The lowest BCUT2D eigenvalue weighted by atomic mass is 10.1. The molecular formula is C20H26N2O3S. The van der Waals surface area contributed by atoms with Crippen LogP contribution < -0.4 is 9.64 Å². The van der Waals surface area contributed by atoms with Gasteiger partial charge >= 0.3 is 0 Å². The van der Waals surface area contributed by atoms with E-state index in [1.807, 2.05) is 31.2 Å². The van der Waals surface area contributed by atoms with Gasteiger partial charge in [0, 0.05) is 30.9 Å². The third kappa shape index (κ3) is 3.44. The average molecular weight is 375 g/mol. The zero-order valence-electron chi connectivity index (χ0n) is 15.7. The van der Waals surface area contributed by atoms with E-state index in [0.29, 0.717) is 18.8 Å². The monoisotopic (exact) mass is 374 g/mol. The Morgan fingerprint density at radius 3 is 2.19 bits per heavy atom. The van der Waals surface area contributed by atoms with Gasteiger partial charge in [0.1, 0.15) is 10.6 Å². The molecule has 26 heavy (non-hydrogen) atoms. The molecule has 0 amide bonds. The molecule has 1 aliphatic rings. The Labute approximate surface area is 156 Å². The number of hydrogen-bond donors (Lipinski definition) is 0. The molecule has 2 unspecified atom stereocenters. The number of hydrogen-bond acceptors (Lipinski definition) is 4. The molecule has 0 radical (unpaired) electrons. The second-order valence-electron chi connectivity index (χ2n) is 6.92. The molecule has 1 fully saturated rings. The van der Waals surface area contributed by atoms with Gasteiger partial charge in [0.2, 0.25) is 10.0 Å². The predicted molar refractivity (Wildman–Crippen MR) is 104 cm³/mol. The van der Waals surface area contributed by atoms with Crippen LogP contribution in [0.3, 0.4) is 0 Å². The van der Waals surface area contributed by atoms with Gasteiger partial charge in [0.05, 0.1) is 7.11 Å². The smallest absolute Gasteiger partial charge is 0.246 e. The number of ether oxygens (including phenoxy) is 1. The molecule has 0 spiro atoms. The maximum Gasteiger partial charge on any atom is 0.246 e. The Morgan fingerprint density at radius 2 is 1.62 bits per heavy atom. The Morgan fingerprint density at radius 1 is 1.00 bits per heavy atom. The van der Waals surface area contributed by atoms with Gasteiger partial charge in [-0.25, -0.2) is 8.42 Å². The lowest BCUT2D eigenvalue weighted by Crippen LogP contribution is -2.58. The summed E-state index contributed by atoms with van der Waals surface area (Å²) in [6.45, 7) is 6.91. The first-order valence-corrected chi connectivity index (χ1v) is 10.3. The van der Waals surface area contributed by atoms with Crippen LogP contribution in [0.1, 0.15) is 19.4 Å². The number of rotatable bonds is 4. The van der Waals surface area contributed by atoms with Crippen molar-refractivity contribution in [2.45, 2.75) is 37.8 Å². The summed E-state index contributed by atoms with van der Waals surface area (Å²) in [5.41, 5.74) is 2.02. The van der Waals surface area contributed by atoms with Crippen molar-refractivity contribution < 1.29 is 13.2 Å². The van der Waals surface area contributed by atoms with E-state index in [2.05, 4.69) is 30.9 Å². The SMILES string of the molecule is COc1ccc(C)cc1S(=O)(=O)N1CC(C)N(c2ccccc2)C(C)C1. The summed E-state index contributed by atoms with van der Waals surface area (Å²) < 4.78 is 33.4. The molecule has 1 aliphatic heterocycles. The molecule has 2 atom stereocenters. The third-order valence-electron chi connectivity index (χ3n) is 4.88. The first-order valence-electron chi connectivity index (χ1n) is 8.82. The maximum absolute atomic E-state index is 13.3. The largest absolute Gasteiger partial charge is 0.495 e. The summed E-state index contributed by atoms with van der Waals surface area (Å²) in [6, 6.07) is 15.6. The van der Waals surface area contributed by atoms with Crippen molar-refractivity contribution in [1.29, 1.82) is 0 Å². The van der Waals surface area contributed by atoms with E-state index in [4.69, 9.17) is 4.74 Å². The van der Waals surface area contributed by atoms with Crippen molar-refractivity contribution in [2.24, 2.45) is 0 Å². The van der Waals surface area contributed by atoms with Gasteiger partial charge in [-0.05, 0) is 50.6 Å². The normalized spacial score (nSPS) is 21.6. The van der Waals surface area contributed by atoms with Crippen molar-refractivity contribution in [3.05, 3.63) is 54.1 Å². The number of methoxy groups -OCH3 is 1. The van der Waals surface area contributed by atoms with Gasteiger partial charge in [0.25, 0.3) is 0 Å². The summed E-state index contributed by atoms with van der Waals surface area (Å²) in [5, 5.41) is 0. The predicted octanol–water partition coefficient (Wildman–Crippen LogP) is 3.29. The zero-order valence-corrected chi connectivity index (χ0v) is 16.5. The van der Waals surface area contributed by atoms with Gasteiger partial charge in [-0.2, -0.15) is 4.31 Å². The highest BCUT2D eigenvalue weighted by Crippen LogP contribution is 2.31. The second-order valence-corrected chi connectivity index (χ2v) is 8.82. The molecule has 2 aromatic carbocycles. The molecule has 3 rings (SSSR count). The van der Waals surface area contributed by atoms with Crippen LogP contribution in [-0.4, -0.2) is 45.0 Å². The molecule has 6 heteroatoms. The maximum atomic E-state index is 13.3. The number of anilines is 1. The van der Waals surface area contributed by atoms with E-state index in [1.165, 1.54) is 7.11 Å². The molecule has 140 valence electrons. The highest BCUT2D eigenvalue weighted by molar-refractivity contribution is 7.89. The van der Waals surface area contributed by atoms with Gasteiger partial charge in [0.15, 0.2) is 0 Å². The van der Waals surface area contributed by atoms with Crippen LogP contribution in [0, 0.1) is 6.92 Å². The number of nitrogens with zero attached hydrogens (tertiary/aromatic N) is 2. The van der Waals surface area contributed by atoms with Crippen LogP contribution in [0.5, 0.6) is 5.75 Å². The van der Waals surface area contributed by atoms with E-state index in [-0.39, 0.29) is 17.0 Å². The average Bonchev–Trinajstić information content (AvgIpc) is 2.62. The number of benzene rings is 2. The van der Waals surface area contributed by atoms with E-state index in [0.717, 1.165) is 11.3 Å². The summed E-state index contributed by atoms with van der Waals surface area (Å²) in [5.74, 6) is 0.390. The fourth-order valence-electron chi connectivity index (χ4n) is 3.70. The second kappa shape index (κ2) is 7.29. The summed E-state index contributed by atoms with van der Waals surface area (Å²) >= 11 is 0. The van der Waals surface area contributed by atoms with Crippen LogP contribution in [0.15, 0.2) is 53.4 Å². The first-order chi connectivity index (χ1) is 12.3. The minimum Gasteiger partial charge on any atom is -0.495 e. The zero-order chi connectivity index (χ0) is 18.9. The number of sulfonamides is 1. The fraction of sp³-hybridized carbons (Fsp3) is 0.400. The number of piperazine rings is 1. The number of para-hydroxylation sites is 1. The fourth-order valence-corrected chi connectivity index (χ4v) is 5.55. The lowest BCUT2D eigenvalue weighted by molar-refractivity contribution is 0.300. The molecule has 0 N–H and O–H groups in total. The van der Waals surface area contributed by atoms with Gasteiger partial charge < -0.3 is 9.64 Å². The van der Waals surface area contributed by atoms with E-state index in [9.17, 15) is 8.42 Å². The summed E-state index contributed by atoms with van der Waals surface area (Å²) in [6.07, 6.45) is 0. The standard InChI is InChI=1S/C20H26N2O3S/c1-15-10-11-19(25-4)20(12-15)26(23,24)21-13-16(2)22(17(3)14-21)18-8-6-5-7-9-18/h5-12,16-17H,13-14H2,1-4H3. The van der Waals surface area contributed by atoms with Crippen LogP contribution in [0.25, 0.3) is 0 Å². The molecule has 0 aliphatic carbocycles. The Bertz CT molecular complexity index is 856. The molecule has 1 saturated heterocycles. The lowest BCUT2D eigenvalue weighted by Gasteiger charge is -2.45. The van der Waals surface area contributed by atoms with Crippen LogP contribution in [0.2, 0.25) is 0 Å². The Hall–Kier alpha value is -2.05. The van der Waals surface area contributed by atoms with E-state index in [1.54, 1.807) is 16.4 Å².